The zero-order chi connectivity index (χ0) is 33.2. The van der Waals surface area contributed by atoms with Crippen LogP contribution in [0.15, 0.2) is 84.0 Å². The van der Waals surface area contributed by atoms with Gasteiger partial charge in [0, 0.05) is 12.5 Å². The van der Waals surface area contributed by atoms with Crippen molar-refractivity contribution in [2.75, 3.05) is 6.61 Å². The summed E-state index contributed by atoms with van der Waals surface area (Å²) in [5, 5.41) is 1.51. The van der Waals surface area contributed by atoms with Gasteiger partial charge in [-0.2, -0.15) is 0 Å². The highest BCUT2D eigenvalue weighted by Crippen LogP contribution is 2.44. The van der Waals surface area contributed by atoms with Crippen molar-refractivity contribution in [2.45, 2.75) is 123 Å². The number of hydrogen-bond acceptors (Lipinski definition) is 4. The summed E-state index contributed by atoms with van der Waals surface area (Å²) in [4.78, 5) is 25.6. The maximum Gasteiger partial charge on any atom is 0.258 e. The van der Waals surface area contributed by atoms with Gasteiger partial charge in [0.2, 0.25) is 0 Å². The Hall–Kier alpha value is -2.10. The van der Waals surface area contributed by atoms with Crippen LogP contribution in [0.4, 0.5) is 0 Å². The lowest BCUT2D eigenvalue weighted by Crippen LogP contribution is -2.65. The largest absolute Gasteiger partial charge is 0.424 e. The van der Waals surface area contributed by atoms with Crippen molar-refractivity contribution in [3.8, 4) is 0 Å². The van der Waals surface area contributed by atoms with Crippen molar-refractivity contribution in [3.05, 3.63) is 84.0 Å². The van der Waals surface area contributed by atoms with Crippen LogP contribution in [0.5, 0.6) is 0 Å². The van der Waals surface area contributed by atoms with Gasteiger partial charge in [-0.25, -0.2) is 0 Å². The molecule has 1 N–H and O–H groups in total. The number of benzene rings is 2. The van der Waals surface area contributed by atoms with E-state index in [9.17, 15) is 9.59 Å². The summed E-state index contributed by atoms with van der Waals surface area (Å²) >= 11 is 0. The predicted octanol–water partition coefficient (Wildman–Crippen LogP) is 8.60. The second kappa shape index (κ2) is 16.5. The van der Waals surface area contributed by atoms with E-state index in [2.05, 4.69) is 112 Å². The smallest absolute Gasteiger partial charge is 0.258 e. The maximum absolute atomic E-state index is 12.9. The van der Waals surface area contributed by atoms with E-state index in [1.807, 2.05) is 36.4 Å². The van der Waals surface area contributed by atoms with Crippen molar-refractivity contribution in [3.63, 3.8) is 0 Å². The Morgan fingerprint density at radius 2 is 1.43 bits per heavy atom. The quantitative estimate of drug-likeness (QED) is 0.0818. The number of hydrogen-bond donors (Lipinski definition) is 1. The highest BCUT2D eigenvalue weighted by molar-refractivity contribution is 6.98. The summed E-state index contributed by atoms with van der Waals surface area (Å²) in [7, 11) is -5.30. The summed E-state index contributed by atoms with van der Waals surface area (Å²) < 4.78 is 13.2. The lowest BCUT2D eigenvalue weighted by Gasteiger charge is -2.44. The highest BCUT2D eigenvalue weighted by Gasteiger charge is 2.51. The van der Waals surface area contributed by atoms with Crippen LogP contribution < -0.4 is 10.4 Å². The third-order valence-electron chi connectivity index (χ3n) is 9.88. The number of ether oxygens (including phenoxy) is 1. The first-order valence-corrected chi connectivity index (χ1v) is 21.3. The normalized spacial score (nSPS) is 16.0. The van der Waals surface area contributed by atoms with Crippen LogP contribution in [-0.4, -0.2) is 46.5 Å². The van der Waals surface area contributed by atoms with Gasteiger partial charge in [0.15, 0.2) is 8.32 Å². The average molecular weight is 637 g/mol. The van der Waals surface area contributed by atoms with Gasteiger partial charge in [-0.3, -0.25) is 0 Å². The third-order valence-corrected chi connectivity index (χ3v) is 18.9. The lowest BCUT2D eigenvalue weighted by atomic mass is 9.85. The van der Waals surface area contributed by atoms with Gasteiger partial charge in [-0.05, 0) is 79.2 Å². The van der Waals surface area contributed by atoms with E-state index in [0.717, 1.165) is 41.5 Å². The molecule has 244 valence electrons. The Balaban J connectivity index is 2.59. The summed E-state index contributed by atoms with van der Waals surface area (Å²) in [6, 6.07) is 20.2. The molecule has 2 aromatic carbocycles. The minimum Gasteiger partial charge on any atom is -0.424 e. The first-order chi connectivity index (χ1) is 20.6. The van der Waals surface area contributed by atoms with Crippen molar-refractivity contribution >= 4 is 33.3 Å². The highest BCUT2D eigenvalue weighted by atomic mass is 28.4. The molecule has 0 unspecified atom stereocenters. The van der Waals surface area contributed by atoms with Crippen LogP contribution in [0.25, 0.3) is 0 Å². The number of aldehydes is 1. The monoisotopic (exact) mass is 636 g/mol. The zero-order valence-corrected chi connectivity index (χ0v) is 31.4. The van der Waals surface area contributed by atoms with E-state index in [4.69, 9.17) is 9.16 Å². The van der Waals surface area contributed by atoms with E-state index in [-0.39, 0.29) is 17.1 Å². The molecule has 2 rings (SSSR count). The van der Waals surface area contributed by atoms with Crippen molar-refractivity contribution in [1.29, 1.82) is 0 Å². The molecule has 0 spiro atoms. The Kier molecular flexibility index (Phi) is 14.2. The minimum absolute atomic E-state index is 0.0277. The fraction of sp³-hybridized carbons (Fsp3) is 0.553. The van der Waals surface area contributed by atoms with Gasteiger partial charge in [-0.15, -0.1) is 0 Å². The molecule has 2 aromatic rings. The Labute approximate surface area is 271 Å². The van der Waals surface area contributed by atoms with E-state index in [1.165, 1.54) is 5.57 Å². The molecular formula is C38H60O4Si2. The van der Waals surface area contributed by atoms with E-state index in [0.29, 0.717) is 13.0 Å². The Morgan fingerprint density at radius 3 is 1.86 bits per heavy atom. The molecule has 6 heteroatoms. The van der Waals surface area contributed by atoms with E-state index < -0.39 is 27.8 Å². The van der Waals surface area contributed by atoms with Crippen molar-refractivity contribution in [1.82, 2.24) is 0 Å². The number of rotatable bonds is 17. The SMILES string of the molecule is C/C=C(/C)[C@@H](C/C=C(\C)[C@@H](CC(C)(C)[Si](O)(c1ccccc1)c1ccccc1)[C@@H](C=O)OCCCC)O[Si](C)(C)C(C)(C)C. The second-order valence-corrected chi connectivity index (χ2v) is 23.2. The van der Waals surface area contributed by atoms with Crippen LogP contribution in [0, 0.1) is 5.92 Å². The molecule has 0 aromatic heterocycles. The molecule has 3 atom stereocenters. The number of carbonyl (C=O) groups is 1. The maximum atomic E-state index is 12.9. The topological polar surface area (TPSA) is 55.8 Å². The average Bonchev–Trinajstić information content (AvgIpc) is 2.99. The molecule has 0 amide bonds. The van der Waals surface area contributed by atoms with Crippen LogP contribution in [0.2, 0.25) is 23.2 Å². The molecule has 0 heterocycles. The summed E-state index contributed by atoms with van der Waals surface area (Å²) in [5.41, 5.74) is 2.33. The summed E-state index contributed by atoms with van der Waals surface area (Å²) in [6.07, 6.45) is 7.99. The number of unbranched alkanes of at least 4 members (excludes halogenated alkanes) is 1. The van der Waals surface area contributed by atoms with Gasteiger partial charge < -0.3 is 18.8 Å². The van der Waals surface area contributed by atoms with Gasteiger partial charge >= 0.3 is 0 Å². The first kappa shape index (κ1) is 38.1. The van der Waals surface area contributed by atoms with Crippen molar-refractivity contribution < 1.29 is 18.8 Å². The number of carbonyl (C=O) groups excluding carboxylic acids is 1. The van der Waals surface area contributed by atoms with Crippen LogP contribution in [-0.2, 0) is 14.0 Å². The third kappa shape index (κ3) is 9.46. The van der Waals surface area contributed by atoms with Gasteiger partial charge in [0.1, 0.15) is 12.4 Å². The molecule has 0 aliphatic carbocycles. The molecule has 0 aliphatic rings. The van der Waals surface area contributed by atoms with Gasteiger partial charge in [-0.1, -0.05) is 126 Å². The Bertz CT molecular complexity index is 1170. The predicted molar refractivity (Wildman–Crippen MR) is 193 cm³/mol. The molecule has 0 fully saturated rings. The van der Waals surface area contributed by atoms with Crippen molar-refractivity contribution in [2.24, 2.45) is 5.92 Å². The molecular weight excluding hydrogens is 577 g/mol. The first-order valence-electron chi connectivity index (χ1n) is 16.4. The van der Waals surface area contributed by atoms with Gasteiger partial charge in [0.05, 0.1) is 6.10 Å². The van der Waals surface area contributed by atoms with E-state index >= 15 is 0 Å². The molecule has 4 nitrogen and oxygen atoms in total. The fourth-order valence-electron chi connectivity index (χ4n) is 5.64. The number of allylic oxidation sites excluding steroid dienone is 1. The zero-order valence-electron chi connectivity index (χ0n) is 29.4. The standard InChI is InChI=1S/C38H60O4Si2/c1-12-14-27-41-36(29-39)34(31(4)25-26-35(30(3)13-2)42-43(10,11)37(5,6)7)28-38(8,9)44(40,32-21-17-15-18-22-32)33-23-19-16-20-24-33/h13,15-25,29,34-36,40H,12,14,26-28H2,1-11H3/b30-13-,31-25+/t34-,35-,36-/m1/s1. The molecule has 44 heavy (non-hydrogen) atoms. The molecule has 0 aliphatic heterocycles. The Morgan fingerprint density at radius 1 is 0.909 bits per heavy atom. The summed E-state index contributed by atoms with van der Waals surface area (Å²) in [5.74, 6) is -0.190. The van der Waals surface area contributed by atoms with Crippen LogP contribution in [0.1, 0.15) is 88.0 Å². The molecule has 0 saturated heterocycles. The summed E-state index contributed by atoms with van der Waals surface area (Å²) in [6.45, 7) is 24.8. The van der Waals surface area contributed by atoms with Gasteiger partial charge in [0.25, 0.3) is 8.32 Å². The minimum atomic E-state index is -3.28. The van der Waals surface area contributed by atoms with Crippen LogP contribution >= 0.6 is 0 Å². The molecule has 0 saturated carbocycles. The lowest BCUT2D eigenvalue weighted by molar-refractivity contribution is -0.121. The fourth-order valence-corrected chi connectivity index (χ4v) is 10.8. The second-order valence-electron chi connectivity index (χ2n) is 14.5. The molecule has 0 bridgehead atoms. The van der Waals surface area contributed by atoms with Crippen LogP contribution in [0.3, 0.4) is 0 Å². The van der Waals surface area contributed by atoms with E-state index in [1.54, 1.807) is 0 Å². The molecule has 0 radical (unpaired) electrons.